The van der Waals surface area contributed by atoms with Gasteiger partial charge in [0.05, 0.1) is 17.6 Å². The summed E-state index contributed by atoms with van der Waals surface area (Å²) in [6, 6.07) is 5.38. The highest BCUT2D eigenvalue weighted by Crippen LogP contribution is 2.32. The Morgan fingerprint density at radius 3 is 2.85 bits per heavy atom. The Morgan fingerprint density at radius 1 is 1.50 bits per heavy atom. The van der Waals surface area contributed by atoms with Gasteiger partial charge in [-0.05, 0) is 58.9 Å². The molecule has 1 unspecified atom stereocenters. The first kappa shape index (κ1) is 15.3. The molecule has 4 nitrogen and oxygen atoms in total. The third-order valence-electron chi connectivity index (χ3n) is 3.81. The van der Waals surface area contributed by atoms with Crippen LogP contribution in [0.15, 0.2) is 22.7 Å². The van der Waals surface area contributed by atoms with Crippen LogP contribution >= 0.6 is 15.9 Å². The summed E-state index contributed by atoms with van der Waals surface area (Å²) in [5, 5.41) is 6.29. The van der Waals surface area contributed by atoms with Crippen molar-refractivity contribution in [3.05, 3.63) is 22.7 Å². The van der Waals surface area contributed by atoms with E-state index in [0.29, 0.717) is 0 Å². The largest absolute Gasteiger partial charge is 0.496 e. The van der Waals surface area contributed by atoms with Crippen molar-refractivity contribution in [3.63, 3.8) is 0 Å². The van der Waals surface area contributed by atoms with E-state index >= 15 is 0 Å². The van der Waals surface area contributed by atoms with Crippen LogP contribution in [0.1, 0.15) is 26.7 Å². The molecule has 0 spiro atoms. The Kier molecular flexibility index (Phi) is 4.70. The second kappa shape index (κ2) is 6.14. The smallest absolute Gasteiger partial charge is 0.242 e. The molecule has 2 N–H and O–H groups in total. The summed E-state index contributed by atoms with van der Waals surface area (Å²) in [5.74, 6) is 0.769. The number of piperidine rings is 1. The number of amides is 1. The maximum Gasteiger partial charge on any atom is 0.242 e. The number of carbonyl (C=O) groups is 1. The van der Waals surface area contributed by atoms with Crippen molar-refractivity contribution in [2.24, 2.45) is 5.41 Å². The summed E-state index contributed by atoms with van der Waals surface area (Å²) in [7, 11) is 1.62. The number of benzene rings is 1. The van der Waals surface area contributed by atoms with Crippen LogP contribution < -0.4 is 15.4 Å². The molecule has 0 bridgehead atoms. The Morgan fingerprint density at radius 2 is 2.25 bits per heavy atom. The molecule has 1 saturated heterocycles. The van der Waals surface area contributed by atoms with Crippen LogP contribution in [-0.2, 0) is 4.79 Å². The first-order valence-electron chi connectivity index (χ1n) is 6.82. The van der Waals surface area contributed by atoms with Gasteiger partial charge in [0.15, 0.2) is 0 Å². The van der Waals surface area contributed by atoms with Crippen LogP contribution in [-0.4, -0.2) is 25.6 Å². The molecule has 1 atom stereocenters. The molecule has 0 radical (unpaired) electrons. The summed E-state index contributed by atoms with van der Waals surface area (Å²) in [4.78, 5) is 12.4. The van der Waals surface area contributed by atoms with Crippen molar-refractivity contribution >= 4 is 27.5 Å². The van der Waals surface area contributed by atoms with Crippen LogP contribution in [0.25, 0.3) is 0 Å². The first-order valence-corrected chi connectivity index (χ1v) is 7.61. The lowest BCUT2D eigenvalue weighted by atomic mass is 9.77. The van der Waals surface area contributed by atoms with Gasteiger partial charge in [-0.2, -0.15) is 0 Å². The van der Waals surface area contributed by atoms with E-state index in [0.717, 1.165) is 35.3 Å². The average molecular weight is 341 g/mol. The van der Waals surface area contributed by atoms with Crippen LogP contribution in [0.2, 0.25) is 0 Å². The fraction of sp³-hybridized carbons (Fsp3) is 0.533. The molecule has 1 aromatic carbocycles. The fourth-order valence-electron chi connectivity index (χ4n) is 2.62. The predicted octanol–water partition coefficient (Wildman–Crippen LogP) is 3.17. The van der Waals surface area contributed by atoms with E-state index in [2.05, 4.69) is 40.4 Å². The highest BCUT2D eigenvalue weighted by Gasteiger charge is 2.37. The molecule has 1 aliphatic rings. The topological polar surface area (TPSA) is 50.4 Å². The van der Waals surface area contributed by atoms with E-state index in [-0.39, 0.29) is 17.4 Å². The third kappa shape index (κ3) is 3.33. The molecule has 0 aliphatic carbocycles. The minimum atomic E-state index is -0.155. The van der Waals surface area contributed by atoms with Crippen molar-refractivity contribution in [1.82, 2.24) is 5.32 Å². The molecule has 110 valence electrons. The van der Waals surface area contributed by atoms with E-state index in [1.807, 2.05) is 18.2 Å². The maximum absolute atomic E-state index is 12.4. The molecule has 1 amide bonds. The number of carbonyl (C=O) groups excluding carboxylic acids is 1. The maximum atomic E-state index is 12.4. The van der Waals surface area contributed by atoms with Gasteiger partial charge in [0.1, 0.15) is 5.75 Å². The van der Waals surface area contributed by atoms with Crippen LogP contribution in [0, 0.1) is 5.41 Å². The van der Waals surface area contributed by atoms with Gasteiger partial charge in [-0.15, -0.1) is 0 Å². The van der Waals surface area contributed by atoms with Gasteiger partial charge in [0.25, 0.3) is 0 Å². The van der Waals surface area contributed by atoms with Crippen LogP contribution in [0.3, 0.4) is 0 Å². The summed E-state index contributed by atoms with van der Waals surface area (Å²) < 4.78 is 6.01. The van der Waals surface area contributed by atoms with Gasteiger partial charge in [-0.1, -0.05) is 13.8 Å². The SMILES string of the molecule is COc1ccc(NC(=O)C2NCCCC2(C)C)cc1Br. The number of rotatable bonds is 3. The lowest BCUT2D eigenvalue weighted by Crippen LogP contribution is -2.53. The van der Waals surface area contributed by atoms with Crippen LogP contribution in [0.5, 0.6) is 5.75 Å². The van der Waals surface area contributed by atoms with Crippen molar-refractivity contribution in [1.29, 1.82) is 0 Å². The zero-order valence-electron chi connectivity index (χ0n) is 12.1. The van der Waals surface area contributed by atoms with E-state index < -0.39 is 0 Å². The molecule has 1 heterocycles. The highest BCUT2D eigenvalue weighted by atomic mass is 79.9. The molecule has 0 aromatic heterocycles. The van der Waals surface area contributed by atoms with E-state index in [1.54, 1.807) is 7.11 Å². The number of ether oxygens (including phenoxy) is 1. The number of hydrogen-bond acceptors (Lipinski definition) is 3. The Hall–Kier alpha value is -1.07. The molecule has 20 heavy (non-hydrogen) atoms. The standard InChI is InChI=1S/C15H21BrN2O2/c1-15(2)7-4-8-17-13(15)14(19)18-10-5-6-12(20-3)11(16)9-10/h5-6,9,13,17H,4,7-8H2,1-3H3,(H,18,19). The predicted molar refractivity (Wildman–Crippen MR) is 84.1 cm³/mol. The summed E-state index contributed by atoms with van der Waals surface area (Å²) in [6.07, 6.45) is 2.18. The number of nitrogens with one attached hydrogen (secondary N) is 2. The van der Waals surface area contributed by atoms with E-state index in [9.17, 15) is 4.79 Å². The second-order valence-electron chi connectivity index (χ2n) is 5.82. The number of methoxy groups -OCH3 is 1. The quantitative estimate of drug-likeness (QED) is 0.888. The molecule has 2 rings (SSSR count). The van der Waals surface area contributed by atoms with Gasteiger partial charge >= 0.3 is 0 Å². The van der Waals surface area contributed by atoms with Crippen molar-refractivity contribution < 1.29 is 9.53 Å². The third-order valence-corrected chi connectivity index (χ3v) is 4.43. The monoisotopic (exact) mass is 340 g/mol. The number of hydrogen-bond donors (Lipinski definition) is 2. The molecular weight excluding hydrogens is 320 g/mol. The first-order chi connectivity index (χ1) is 9.44. The normalized spacial score (nSPS) is 21.3. The molecule has 0 saturated carbocycles. The lowest BCUT2D eigenvalue weighted by Gasteiger charge is -2.38. The Balaban J connectivity index is 2.09. The summed E-state index contributed by atoms with van der Waals surface area (Å²) >= 11 is 3.42. The second-order valence-corrected chi connectivity index (χ2v) is 6.67. The minimum absolute atomic E-state index is 0.0202. The minimum Gasteiger partial charge on any atom is -0.496 e. The van der Waals surface area contributed by atoms with E-state index in [1.165, 1.54) is 0 Å². The van der Waals surface area contributed by atoms with Gasteiger partial charge in [-0.3, -0.25) is 4.79 Å². The van der Waals surface area contributed by atoms with Gasteiger partial charge in [0, 0.05) is 5.69 Å². The molecule has 5 heteroatoms. The zero-order chi connectivity index (χ0) is 14.8. The highest BCUT2D eigenvalue weighted by molar-refractivity contribution is 9.10. The Bertz CT molecular complexity index is 503. The average Bonchev–Trinajstić information content (AvgIpc) is 2.38. The summed E-state index contributed by atoms with van der Waals surface area (Å²) in [6.45, 7) is 5.16. The molecule has 1 aliphatic heterocycles. The van der Waals surface area contributed by atoms with Crippen LogP contribution in [0.4, 0.5) is 5.69 Å². The van der Waals surface area contributed by atoms with Crippen molar-refractivity contribution in [2.45, 2.75) is 32.7 Å². The number of halogens is 1. The zero-order valence-corrected chi connectivity index (χ0v) is 13.7. The number of anilines is 1. The van der Waals surface area contributed by atoms with Gasteiger partial charge in [-0.25, -0.2) is 0 Å². The van der Waals surface area contributed by atoms with Gasteiger partial charge in [0.2, 0.25) is 5.91 Å². The van der Waals surface area contributed by atoms with Gasteiger partial charge < -0.3 is 15.4 Å². The lowest BCUT2D eigenvalue weighted by molar-refractivity contribution is -0.121. The summed E-state index contributed by atoms with van der Waals surface area (Å²) in [5.41, 5.74) is 0.748. The van der Waals surface area contributed by atoms with Crippen molar-refractivity contribution in [2.75, 3.05) is 19.0 Å². The molecular formula is C15H21BrN2O2. The fourth-order valence-corrected chi connectivity index (χ4v) is 3.16. The Labute approximate surface area is 128 Å². The molecule has 1 fully saturated rings. The van der Waals surface area contributed by atoms with E-state index in [4.69, 9.17) is 4.74 Å². The van der Waals surface area contributed by atoms with Crippen molar-refractivity contribution in [3.8, 4) is 5.75 Å². The molecule has 1 aromatic rings.